The zero-order chi connectivity index (χ0) is 15.1. The molecule has 3 nitrogen and oxygen atoms in total. The number of benzene rings is 2. The molecule has 0 saturated carbocycles. The molecule has 0 aliphatic heterocycles. The van der Waals surface area contributed by atoms with Gasteiger partial charge in [0.15, 0.2) is 0 Å². The first-order chi connectivity index (χ1) is 10.1. The predicted octanol–water partition coefficient (Wildman–Crippen LogP) is 3.70. The monoisotopic (exact) mass is 282 g/mol. The molecule has 2 aromatic rings. The van der Waals surface area contributed by atoms with Gasteiger partial charge in [-0.2, -0.15) is 5.10 Å². The van der Waals surface area contributed by atoms with Crippen LogP contribution in [0.25, 0.3) is 0 Å². The van der Waals surface area contributed by atoms with Crippen molar-refractivity contribution in [2.75, 3.05) is 11.6 Å². The average Bonchev–Trinajstić information content (AvgIpc) is 2.53. The standard InChI is InChI=1S/C18H22N2O/c1-18(2,15-21)14-19-20(17-11-7-4-8-12-17)13-16-9-5-3-6-10-16/h3-12,14,21H,13,15H2,1-2H3/b19-14-. The van der Waals surface area contributed by atoms with E-state index in [-0.39, 0.29) is 12.0 Å². The van der Waals surface area contributed by atoms with Crippen LogP contribution in [0.15, 0.2) is 65.8 Å². The van der Waals surface area contributed by atoms with Crippen molar-refractivity contribution in [2.45, 2.75) is 20.4 Å². The minimum atomic E-state index is -0.330. The molecule has 3 heteroatoms. The van der Waals surface area contributed by atoms with E-state index in [0.29, 0.717) is 6.54 Å². The molecule has 0 aromatic heterocycles. The van der Waals surface area contributed by atoms with Crippen LogP contribution in [0.3, 0.4) is 0 Å². The number of anilines is 1. The quantitative estimate of drug-likeness (QED) is 0.648. The van der Waals surface area contributed by atoms with Crippen molar-refractivity contribution in [2.24, 2.45) is 10.5 Å². The maximum Gasteiger partial charge on any atom is 0.0666 e. The topological polar surface area (TPSA) is 35.8 Å². The first kappa shape index (κ1) is 15.3. The van der Waals surface area contributed by atoms with Crippen LogP contribution in [0.4, 0.5) is 5.69 Å². The van der Waals surface area contributed by atoms with E-state index in [1.54, 1.807) is 0 Å². The van der Waals surface area contributed by atoms with Crippen molar-refractivity contribution in [1.29, 1.82) is 0 Å². The van der Waals surface area contributed by atoms with Gasteiger partial charge in [-0.15, -0.1) is 0 Å². The summed E-state index contributed by atoms with van der Waals surface area (Å²) >= 11 is 0. The lowest BCUT2D eigenvalue weighted by atomic mass is 9.97. The van der Waals surface area contributed by atoms with Crippen LogP contribution in [0.5, 0.6) is 0 Å². The summed E-state index contributed by atoms with van der Waals surface area (Å²) in [4.78, 5) is 0. The van der Waals surface area contributed by atoms with E-state index in [1.807, 2.05) is 73.6 Å². The van der Waals surface area contributed by atoms with Gasteiger partial charge in [0, 0.05) is 11.6 Å². The summed E-state index contributed by atoms with van der Waals surface area (Å²) < 4.78 is 0. The lowest BCUT2D eigenvalue weighted by molar-refractivity contribution is 0.216. The molecule has 0 aliphatic carbocycles. The Kier molecular flexibility index (Phi) is 5.12. The van der Waals surface area contributed by atoms with Crippen LogP contribution in [-0.2, 0) is 6.54 Å². The molecule has 0 heterocycles. The maximum atomic E-state index is 9.36. The first-order valence-electron chi connectivity index (χ1n) is 7.13. The summed E-state index contributed by atoms with van der Waals surface area (Å²) in [6.45, 7) is 4.69. The molecule has 0 unspecified atom stereocenters. The van der Waals surface area contributed by atoms with E-state index in [0.717, 1.165) is 5.69 Å². The second-order valence-electron chi connectivity index (χ2n) is 5.77. The van der Waals surface area contributed by atoms with Gasteiger partial charge in [0.1, 0.15) is 0 Å². The lowest BCUT2D eigenvalue weighted by Crippen LogP contribution is -2.23. The lowest BCUT2D eigenvalue weighted by Gasteiger charge is -2.22. The highest BCUT2D eigenvalue weighted by atomic mass is 16.3. The molecule has 0 spiro atoms. The molecular weight excluding hydrogens is 260 g/mol. The maximum absolute atomic E-state index is 9.36. The van der Waals surface area contributed by atoms with Crippen LogP contribution in [0, 0.1) is 5.41 Å². The molecule has 0 amide bonds. The third-order valence-electron chi connectivity index (χ3n) is 3.18. The fraction of sp³-hybridized carbons (Fsp3) is 0.278. The van der Waals surface area contributed by atoms with Crippen molar-refractivity contribution in [3.8, 4) is 0 Å². The van der Waals surface area contributed by atoms with Gasteiger partial charge in [0.05, 0.1) is 18.8 Å². The van der Waals surface area contributed by atoms with Gasteiger partial charge in [-0.05, 0) is 17.7 Å². The Morgan fingerprint density at radius 3 is 2.14 bits per heavy atom. The summed E-state index contributed by atoms with van der Waals surface area (Å²) in [7, 11) is 0. The Bertz CT molecular complexity index is 564. The van der Waals surface area contributed by atoms with Crippen LogP contribution in [0.2, 0.25) is 0 Å². The summed E-state index contributed by atoms with van der Waals surface area (Å²) in [6, 6.07) is 20.3. The van der Waals surface area contributed by atoms with Gasteiger partial charge < -0.3 is 5.11 Å². The van der Waals surface area contributed by atoms with Crippen molar-refractivity contribution >= 4 is 11.9 Å². The van der Waals surface area contributed by atoms with Gasteiger partial charge in [0.25, 0.3) is 0 Å². The van der Waals surface area contributed by atoms with Crippen LogP contribution in [0.1, 0.15) is 19.4 Å². The highest BCUT2D eigenvalue weighted by Crippen LogP contribution is 2.18. The summed E-state index contributed by atoms with van der Waals surface area (Å²) in [5.74, 6) is 0. The Labute approximate surface area is 126 Å². The molecule has 1 N–H and O–H groups in total. The van der Waals surface area contributed by atoms with Crippen molar-refractivity contribution in [3.63, 3.8) is 0 Å². The van der Waals surface area contributed by atoms with Gasteiger partial charge in [-0.3, -0.25) is 5.01 Å². The highest BCUT2D eigenvalue weighted by Gasteiger charge is 2.14. The zero-order valence-corrected chi connectivity index (χ0v) is 12.6. The van der Waals surface area contributed by atoms with Crippen molar-refractivity contribution in [1.82, 2.24) is 0 Å². The molecule has 0 radical (unpaired) electrons. The average molecular weight is 282 g/mol. The first-order valence-corrected chi connectivity index (χ1v) is 7.13. The van der Waals surface area contributed by atoms with Crippen LogP contribution < -0.4 is 5.01 Å². The second kappa shape index (κ2) is 7.04. The van der Waals surface area contributed by atoms with E-state index in [2.05, 4.69) is 17.2 Å². The van der Waals surface area contributed by atoms with Gasteiger partial charge in [-0.1, -0.05) is 62.4 Å². The molecule has 2 rings (SSSR count). The van der Waals surface area contributed by atoms with Gasteiger partial charge in [0.2, 0.25) is 0 Å². The van der Waals surface area contributed by atoms with E-state index in [4.69, 9.17) is 0 Å². The molecular formula is C18H22N2O. The molecule has 0 atom stereocenters. The molecule has 2 aromatic carbocycles. The number of rotatable bonds is 6. The minimum Gasteiger partial charge on any atom is -0.395 e. The predicted molar refractivity (Wildman–Crippen MR) is 88.4 cm³/mol. The van der Waals surface area contributed by atoms with Crippen LogP contribution >= 0.6 is 0 Å². The molecule has 110 valence electrons. The highest BCUT2D eigenvalue weighted by molar-refractivity contribution is 5.66. The summed E-state index contributed by atoms with van der Waals surface area (Å²) in [5, 5.41) is 15.9. The van der Waals surface area contributed by atoms with Gasteiger partial charge in [-0.25, -0.2) is 0 Å². The normalized spacial score (nSPS) is 11.8. The fourth-order valence-corrected chi connectivity index (χ4v) is 1.82. The largest absolute Gasteiger partial charge is 0.395 e. The van der Waals surface area contributed by atoms with E-state index < -0.39 is 0 Å². The molecule has 0 aliphatic rings. The van der Waals surface area contributed by atoms with Crippen molar-refractivity contribution < 1.29 is 5.11 Å². The Morgan fingerprint density at radius 2 is 1.57 bits per heavy atom. The van der Waals surface area contributed by atoms with Crippen LogP contribution in [-0.4, -0.2) is 17.9 Å². The third-order valence-corrected chi connectivity index (χ3v) is 3.18. The summed E-state index contributed by atoms with van der Waals surface area (Å²) in [6.07, 6.45) is 1.81. The molecule has 21 heavy (non-hydrogen) atoms. The third kappa shape index (κ3) is 4.72. The Morgan fingerprint density at radius 1 is 1.00 bits per heavy atom. The van der Waals surface area contributed by atoms with E-state index in [9.17, 15) is 5.11 Å². The van der Waals surface area contributed by atoms with Gasteiger partial charge >= 0.3 is 0 Å². The fourth-order valence-electron chi connectivity index (χ4n) is 1.82. The number of hydrogen-bond acceptors (Lipinski definition) is 3. The minimum absolute atomic E-state index is 0.0739. The second-order valence-corrected chi connectivity index (χ2v) is 5.77. The molecule has 0 saturated heterocycles. The Balaban J connectivity index is 2.23. The number of aliphatic hydroxyl groups is 1. The molecule has 0 bridgehead atoms. The smallest absolute Gasteiger partial charge is 0.0666 e. The number of para-hydroxylation sites is 1. The Hall–Kier alpha value is -2.13. The SMILES string of the molecule is CC(C)(/C=N\N(Cc1ccccc1)c1ccccc1)CO. The summed E-state index contributed by atoms with van der Waals surface area (Å²) in [5.41, 5.74) is 1.90. The van der Waals surface area contributed by atoms with Crippen molar-refractivity contribution in [3.05, 3.63) is 66.2 Å². The number of nitrogens with zero attached hydrogens (tertiary/aromatic N) is 2. The molecule has 0 fully saturated rings. The van der Waals surface area contributed by atoms with E-state index >= 15 is 0 Å². The number of hydrazone groups is 1. The number of hydrogen-bond donors (Lipinski definition) is 1. The van der Waals surface area contributed by atoms with E-state index in [1.165, 1.54) is 5.56 Å². The zero-order valence-electron chi connectivity index (χ0n) is 12.6. The number of aliphatic hydroxyl groups excluding tert-OH is 1.